The van der Waals surface area contributed by atoms with Crippen molar-refractivity contribution in [1.29, 1.82) is 0 Å². The zero-order valence-corrected chi connectivity index (χ0v) is 8.85. The van der Waals surface area contributed by atoms with Crippen LogP contribution in [0.25, 0.3) is 0 Å². The molecule has 1 heteroatoms. The molecule has 0 heterocycles. The summed E-state index contributed by atoms with van der Waals surface area (Å²) >= 11 is 0. The van der Waals surface area contributed by atoms with Crippen LogP contribution in [-0.2, 0) is 0 Å². The number of hydrogen-bond donors (Lipinski definition) is 1. The van der Waals surface area contributed by atoms with Crippen molar-refractivity contribution in [2.45, 2.75) is 32.3 Å². The van der Waals surface area contributed by atoms with Gasteiger partial charge in [0.25, 0.3) is 0 Å². The van der Waals surface area contributed by atoms with Crippen LogP contribution < -0.4 is 0 Å². The van der Waals surface area contributed by atoms with Crippen molar-refractivity contribution >= 4 is 0 Å². The van der Waals surface area contributed by atoms with Crippen LogP contribution in [0.15, 0.2) is 30.3 Å². The molecule has 1 saturated carbocycles. The molecule has 0 bridgehead atoms. The van der Waals surface area contributed by atoms with Crippen LogP contribution in [0.3, 0.4) is 0 Å². The Labute approximate surface area is 85.8 Å². The fraction of sp³-hybridized carbons (Fsp3) is 0.538. The lowest BCUT2D eigenvalue weighted by Gasteiger charge is -2.14. The molecular formula is C13H18O. The molecule has 0 aliphatic heterocycles. The van der Waals surface area contributed by atoms with E-state index in [0.717, 1.165) is 0 Å². The van der Waals surface area contributed by atoms with E-state index in [1.165, 1.54) is 12.0 Å². The second kappa shape index (κ2) is 3.74. The van der Waals surface area contributed by atoms with E-state index in [1.807, 2.05) is 6.92 Å². The predicted octanol–water partition coefficient (Wildman–Crippen LogP) is 2.81. The minimum Gasteiger partial charge on any atom is -0.393 e. The Bertz CT molecular complexity index is 291. The van der Waals surface area contributed by atoms with Crippen LogP contribution >= 0.6 is 0 Å². The third-order valence-corrected chi connectivity index (χ3v) is 3.50. The Hall–Kier alpha value is -0.820. The Morgan fingerprint density at radius 2 is 1.86 bits per heavy atom. The van der Waals surface area contributed by atoms with Crippen molar-refractivity contribution in [2.75, 3.05) is 0 Å². The molecule has 0 amide bonds. The summed E-state index contributed by atoms with van der Waals surface area (Å²) < 4.78 is 0. The number of aliphatic hydroxyl groups is 1. The quantitative estimate of drug-likeness (QED) is 0.777. The van der Waals surface area contributed by atoms with Crippen molar-refractivity contribution in [3.8, 4) is 0 Å². The topological polar surface area (TPSA) is 20.2 Å². The Morgan fingerprint density at radius 1 is 1.21 bits per heavy atom. The first-order valence-corrected chi connectivity index (χ1v) is 5.43. The highest BCUT2D eigenvalue weighted by Crippen LogP contribution is 2.52. The molecule has 4 unspecified atom stereocenters. The molecule has 0 aromatic heterocycles. The van der Waals surface area contributed by atoms with Gasteiger partial charge in [-0.2, -0.15) is 0 Å². The lowest BCUT2D eigenvalue weighted by Crippen LogP contribution is -2.15. The van der Waals surface area contributed by atoms with E-state index in [9.17, 15) is 5.11 Å². The minimum absolute atomic E-state index is 0.172. The highest BCUT2D eigenvalue weighted by molar-refractivity contribution is 5.26. The summed E-state index contributed by atoms with van der Waals surface area (Å²) in [5.74, 6) is 1.82. The van der Waals surface area contributed by atoms with Gasteiger partial charge in [-0.25, -0.2) is 0 Å². The first-order valence-electron chi connectivity index (χ1n) is 5.43. The Morgan fingerprint density at radius 3 is 2.43 bits per heavy atom. The molecule has 1 aliphatic rings. The molecule has 1 aromatic rings. The monoisotopic (exact) mass is 190 g/mol. The molecule has 1 nitrogen and oxygen atoms in total. The minimum atomic E-state index is -0.172. The van der Waals surface area contributed by atoms with Crippen LogP contribution in [0.4, 0.5) is 0 Å². The predicted molar refractivity (Wildman–Crippen MR) is 58.1 cm³/mol. The van der Waals surface area contributed by atoms with Crippen LogP contribution in [0, 0.1) is 11.8 Å². The van der Waals surface area contributed by atoms with E-state index in [1.54, 1.807) is 0 Å². The van der Waals surface area contributed by atoms with Crippen molar-refractivity contribution < 1.29 is 5.11 Å². The average molecular weight is 190 g/mol. The van der Waals surface area contributed by atoms with Gasteiger partial charge in [0.1, 0.15) is 0 Å². The SMILES string of the molecule is CC(O)C(C)C1CC1c1ccccc1. The van der Waals surface area contributed by atoms with E-state index in [-0.39, 0.29) is 6.10 Å². The van der Waals surface area contributed by atoms with Crippen LogP contribution in [0.2, 0.25) is 0 Å². The van der Waals surface area contributed by atoms with E-state index in [2.05, 4.69) is 37.3 Å². The Balaban J connectivity index is 2.00. The van der Waals surface area contributed by atoms with Gasteiger partial charge in [0, 0.05) is 0 Å². The van der Waals surface area contributed by atoms with Crippen LogP contribution in [0.1, 0.15) is 31.7 Å². The second-order valence-corrected chi connectivity index (χ2v) is 4.52. The van der Waals surface area contributed by atoms with E-state index in [0.29, 0.717) is 17.8 Å². The molecule has 0 radical (unpaired) electrons. The summed E-state index contributed by atoms with van der Waals surface area (Å²) in [5.41, 5.74) is 1.44. The standard InChI is InChI=1S/C13H18O/c1-9(10(2)14)12-8-13(12)11-6-4-3-5-7-11/h3-7,9-10,12-14H,8H2,1-2H3. The number of rotatable bonds is 3. The van der Waals surface area contributed by atoms with Crippen LogP contribution in [-0.4, -0.2) is 11.2 Å². The molecule has 4 atom stereocenters. The van der Waals surface area contributed by atoms with Crippen molar-refractivity contribution in [3.63, 3.8) is 0 Å². The van der Waals surface area contributed by atoms with Gasteiger partial charge in [0.15, 0.2) is 0 Å². The zero-order valence-electron chi connectivity index (χ0n) is 8.85. The van der Waals surface area contributed by atoms with Gasteiger partial charge in [-0.05, 0) is 36.7 Å². The average Bonchev–Trinajstić information content (AvgIpc) is 2.97. The first kappa shape index (κ1) is 9.72. The number of benzene rings is 1. The van der Waals surface area contributed by atoms with E-state index >= 15 is 0 Å². The molecular weight excluding hydrogens is 172 g/mol. The van der Waals surface area contributed by atoms with E-state index in [4.69, 9.17) is 0 Å². The summed E-state index contributed by atoms with van der Waals surface area (Å²) in [6.45, 7) is 4.04. The van der Waals surface area contributed by atoms with Crippen LogP contribution in [0.5, 0.6) is 0 Å². The summed E-state index contributed by atoms with van der Waals surface area (Å²) in [6, 6.07) is 10.6. The largest absolute Gasteiger partial charge is 0.393 e. The lowest BCUT2D eigenvalue weighted by atomic mass is 9.97. The van der Waals surface area contributed by atoms with Gasteiger partial charge in [-0.1, -0.05) is 37.3 Å². The molecule has 1 aromatic carbocycles. The van der Waals surface area contributed by atoms with Gasteiger partial charge < -0.3 is 5.11 Å². The second-order valence-electron chi connectivity index (χ2n) is 4.52. The summed E-state index contributed by atoms with van der Waals surface area (Å²) in [5, 5.41) is 9.50. The highest BCUT2D eigenvalue weighted by Gasteiger charge is 2.43. The fourth-order valence-corrected chi connectivity index (χ4v) is 2.24. The summed E-state index contributed by atoms with van der Waals surface area (Å²) in [4.78, 5) is 0. The highest BCUT2D eigenvalue weighted by atomic mass is 16.3. The summed E-state index contributed by atoms with van der Waals surface area (Å²) in [6.07, 6.45) is 1.07. The van der Waals surface area contributed by atoms with Gasteiger partial charge >= 0.3 is 0 Å². The third-order valence-electron chi connectivity index (χ3n) is 3.50. The summed E-state index contributed by atoms with van der Waals surface area (Å²) in [7, 11) is 0. The van der Waals surface area contributed by atoms with Crippen molar-refractivity contribution in [1.82, 2.24) is 0 Å². The molecule has 1 aliphatic carbocycles. The van der Waals surface area contributed by atoms with Gasteiger partial charge in [0.05, 0.1) is 6.10 Å². The lowest BCUT2D eigenvalue weighted by molar-refractivity contribution is 0.122. The number of hydrogen-bond acceptors (Lipinski definition) is 1. The molecule has 1 N–H and O–H groups in total. The van der Waals surface area contributed by atoms with Crippen molar-refractivity contribution in [3.05, 3.63) is 35.9 Å². The molecule has 1 fully saturated rings. The van der Waals surface area contributed by atoms with Gasteiger partial charge in [0.2, 0.25) is 0 Å². The third kappa shape index (κ3) is 1.83. The maximum atomic E-state index is 9.50. The number of aliphatic hydroxyl groups excluding tert-OH is 1. The molecule has 14 heavy (non-hydrogen) atoms. The van der Waals surface area contributed by atoms with Crippen molar-refractivity contribution in [2.24, 2.45) is 11.8 Å². The fourth-order valence-electron chi connectivity index (χ4n) is 2.24. The zero-order chi connectivity index (χ0) is 10.1. The van der Waals surface area contributed by atoms with Gasteiger partial charge in [-0.15, -0.1) is 0 Å². The molecule has 76 valence electrons. The normalized spacial score (nSPS) is 29.6. The Kier molecular flexibility index (Phi) is 2.60. The van der Waals surface area contributed by atoms with Gasteiger partial charge in [-0.3, -0.25) is 0 Å². The maximum absolute atomic E-state index is 9.50. The molecule has 0 saturated heterocycles. The smallest absolute Gasteiger partial charge is 0.0540 e. The first-order chi connectivity index (χ1) is 6.70. The maximum Gasteiger partial charge on any atom is 0.0540 e. The molecule has 2 rings (SSSR count). The van der Waals surface area contributed by atoms with E-state index < -0.39 is 0 Å². The molecule has 0 spiro atoms.